The highest BCUT2D eigenvalue weighted by molar-refractivity contribution is 6.01. The molecule has 0 fully saturated rings. The van der Waals surface area contributed by atoms with Crippen molar-refractivity contribution in [1.29, 1.82) is 0 Å². The second-order valence-electron chi connectivity index (χ2n) is 5.65. The molecular weight excluding hydrogens is 350 g/mol. The van der Waals surface area contributed by atoms with Crippen LogP contribution in [0.25, 0.3) is 0 Å². The lowest BCUT2D eigenvalue weighted by Gasteiger charge is -2.07. The van der Waals surface area contributed by atoms with Crippen LogP contribution in [-0.4, -0.2) is 30.3 Å². The molecule has 0 aliphatic rings. The number of nitro benzene ring substituents is 1. The predicted molar refractivity (Wildman–Crippen MR) is 102 cm³/mol. The van der Waals surface area contributed by atoms with E-state index in [4.69, 9.17) is 9.47 Å². The lowest BCUT2D eigenvalue weighted by atomic mass is 10.1. The SMILES string of the molecule is CCCOc1ccc(C(=O)N/N=C(/C)c2ccc(OC)c([N+](=O)[O-])c2)cc1. The van der Waals surface area contributed by atoms with E-state index in [1.54, 1.807) is 37.3 Å². The average molecular weight is 371 g/mol. The van der Waals surface area contributed by atoms with Gasteiger partial charge in [0.2, 0.25) is 0 Å². The topological polar surface area (TPSA) is 103 Å². The highest BCUT2D eigenvalue weighted by Gasteiger charge is 2.16. The minimum absolute atomic E-state index is 0.158. The third kappa shape index (κ3) is 5.27. The molecule has 0 aliphatic heterocycles. The van der Waals surface area contributed by atoms with Gasteiger partial charge in [0, 0.05) is 17.2 Å². The number of carbonyl (C=O) groups excluding carboxylic acids is 1. The van der Waals surface area contributed by atoms with Crippen molar-refractivity contribution >= 4 is 17.3 Å². The molecule has 0 saturated heterocycles. The van der Waals surface area contributed by atoms with Gasteiger partial charge in [-0.25, -0.2) is 5.43 Å². The van der Waals surface area contributed by atoms with Gasteiger partial charge in [0.1, 0.15) is 5.75 Å². The van der Waals surface area contributed by atoms with E-state index in [0.717, 1.165) is 6.42 Å². The van der Waals surface area contributed by atoms with E-state index in [1.165, 1.54) is 19.2 Å². The van der Waals surface area contributed by atoms with E-state index in [0.29, 0.717) is 29.2 Å². The quantitative estimate of drug-likeness (QED) is 0.434. The van der Waals surface area contributed by atoms with E-state index >= 15 is 0 Å². The number of benzene rings is 2. The molecule has 8 nitrogen and oxygen atoms in total. The number of amides is 1. The largest absolute Gasteiger partial charge is 0.494 e. The van der Waals surface area contributed by atoms with Crippen molar-refractivity contribution in [2.45, 2.75) is 20.3 Å². The van der Waals surface area contributed by atoms with Gasteiger partial charge in [0.25, 0.3) is 5.91 Å². The molecule has 2 rings (SSSR count). The number of carbonyl (C=O) groups is 1. The Morgan fingerprint density at radius 3 is 2.44 bits per heavy atom. The third-order valence-corrected chi connectivity index (χ3v) is 3.71. The maximum Gasteiger partial charge on any atom is 0.311 e. The number of hydrogen-bond donors (Lipinski definition) is 1. The van der Waals surface area contributed by atoms with Crippen LogP contribution >= 0.6 is 0 Å². The van der Waals surface area contributed by atoms with Crippen LogP contribution in [0, 0.1) is 10.1 Å². The molecule has 1 N–H and O–H groups in total. The first-order chi connectivity index (χ1) is 13.0. The van der Waals surface area contributed by atoms with Crippen molar-refractivity contribution < 1.29 is 19.2 Å². The normalized spacial score (nSPS) is 11.0. The van der Waals surface area contributed by atoms with Crippen LogP contribution in [-0.2, 0) is 0 Å². The van der Waals surface area contributed by atoms with E-state index in [9.17, 15) is 14.9 Å². The summed E-state index contributed by atoms with van der Waals surface area (Å²) in [7, 11) is 1.36. The van der Waals surface area contributed by atoms with Gasteiger partial charge >= 0.3 is 5.69 Å². The summed E-state index contributed by atoms with van der Waals surface area (Å²) >= 11 is 0. The second kappa shape index (κ2) is 9.33. The Bertz CT molecular complexity index is 847. The number of hydrogen-bond acceptors (Lipinski definition) is 6. The summed E-state index contributed by atoms with van der Waals surface area (Å²) in [6.45, 7) is 4.27. The molecule has 142 valence electrons. The molecule has 2 aromatic carbocycles. The molecule has 0 saturated carbocycles. The fourth-order valence-electron chi connectivity index (χ4n) is 2.24. The highest BCUT2D eigenvalue weighted by Crippen LogP contribution is 2.27. The minimum Gasteiger partial charge on any atom is -0.494 e. The van der Waals surface area contributed by atoms with Gasteiger partial charge in [0.15, 0.2) is 5.75 Å². The maximum atomic E-state index is 12.2. The maximum absolute atomic E-state index is 12.2. The van der Waals surface area contributed by atoms with Crippen LogP contribution in [0.3, 0.4) is 0 Å². The Morgan fingerprint density at radius 2 is 1.85 bits per heavy atom. The van der Waals surface area contributed by atoms with Crippen molar-refractivity contribution in [3.05, 3.63) is 63.7 Å². The Hall–Kier alpha value is -3.42. The first-order valence-corrected chi connectivity index (χ1v) is 8.36. The first kappa shape index (κ1) is 19.9. The lowest BCUT2D eigenvalue weighted by molar-refractivity contribution is -0.385. The molecule has 0 heterocycles. The Labute approximate surface area is 157 Å². The molecule has 0 bridgehead atoms. The molecule has 2 aromatic rings. The predicted octanol–water partition coefficient (Wildman–Crippen LogP) is 3.55. The number of methoxy groups -OCH3 is 1. The summed E-state index contributed by atoms with van der Waals surface area (Å²) in [4.78, 5) is 22.8. The molecule has 8 heteroatoms. The van der Waals surface area contributed by atoms with Gasteiger partial charge in [-0.05, 0) is 49.7 Å². The Kier molecular flexibility index (Phi) is 6.87. The van der Waals surface area contributed by atoms with Crippen molar-refractivity contribution in [2.75, 3.05) is 13.7 Å². The average Bonchev–Trinajstić information content (AvgIpc) is 2.69. The van der Waals surface area contributed by atoms with Crippen molar-refractivity contribution in [3.63, 3.8) is 0 Å². The lowest BCUT2D eigenvalue weighted by Crippen LogP contribution is -2.19. The first-order valence-electron chi connectivity index (χ1n) is 8.36. The van der Waals surface area contributed by atoms with Crippen LogP contribution in [0.2, 0.25) is 0 Å². The molecule has 0 atom stereocenters. The molecule has 0 aromatic heterocycles. The van der Waals surface area contributed by atoms with Crippen LogP contribution in [0.5, 0.6) is 11.5 Å². The second-order valence-corrected chi connectivity index (χ2v) is 5.65. The smallest absolute Gasteiger partial charge is 0.311 e. The van der Waals surface area contributed by atoms with Gasteiger partial charge in [-0.1, -0.05) is 6.92 Å². The standard InChI is InChI=1S/C19H21N3O5/c1-4-11-27-16-8-5-14(6-9-16)19(23)21-20-13(2)15-7-10-18(26-3)17(12-15)22(24)25/h5-10,12H,4,11H2,1-3H3,(H,21,23)/b20-13-. The van der Waals surface area contributed by atoms with Crippen molar-refractivity contribution in [2.24, 2.45) is 5.10 Å². The fraction of sp³-hybridized carbons (Fsp3) is 0.263. The van der Waals surface area contributed by atoms with Gasteiger partial charge in [-0.15, -0.1) is 0 Å². The van der Waals surface area contributed by atoms with Crippen LogP contribution in [0.15, 0.2) is 47.6 Å². The number of ether oxygens (including phenoxy) is 2. The molecule has 0 unspecified atom stereocenters. The van der Waals surface area contributed by atoms with E-state index in [-0.39, 0.29) is 17.3 Å². The summed E-state index contributed by atoms with van der Waals surface area (Å²) < 4.78 is 10.4. The van der Waals surface area contributed by atoms with E-state index in [1.807, 2.05) is 6.92 Å². The Balaban J connectivity index is 2.09. The molecule has 0 aliphatic carbocycles. The number of rotatable bonds is 8. The number of nitrogens with zero attached hydrogens (tertiary/aromatic N) is 2. The molecule has 1 amide bonds. The van der Waals surface area contributed by atoms with E-state index < -0.39 is 4.92 Å². The summed E-state index contributed by atoms with van der Waals surface area (Å²) in [5.41, 5.74) is 3.64. The summed E-state index contributed by atoms with van der Waals surface area (Å²) in [6.07, 6.45) is 0.903. The third-order valence-electron chi connectivity index (χ3n) is 3.71. The van der Waals surface area contributed by atoms with E-state index in [2.05, 4.69) is 10.5 Å². The number of nitro groups is 1. The summed E-state index contributed by atoms with van der Waals surface area (Å²) in [6, 6.07) is 11.2. The molecular formula is C19H21N3O5. The zero-order valence-corrected chi connectivity index (χ0v) is 15.4. The molecule has 27 heavy (non-hydrogen) atoms. The van der Waals surface area contributed by atoms with Crippen molar-refractivity contribution in [3.8, 4) is 11.5 Å². The fourth-order valence-corrected chi connectivity index (χ4v) is 2.24. The number of nitrogens with one attached hydrogen (secondary N) is 1. The highest BCUT2D eigenvalue weighted by atomic mass is 16.6. The van der Waals surface area contributed by atoms with Gasteiger partial charge in [-0.2, -0.15) is 5.10 Å². The molecule has 0 radical (unpaired) electrons. The van der Waals surface area contributed by atoms with Crippen LogP contribution < -0.4 is 14.9 Å². The van der Waals surface area contributed by atoms with Crippen LogP contribution in [0.4, 0.5) is 5.69 Å². The minimum atomic E-state index is -0.531. The zero-order valence-electron chi connectivity index (χ0n) is 15.4. The number of hydrazone groups is 1. The monoisotopic (exact) mass is 371 g/mol. The summed E-state index contributed by atoms with van der Waals surface area (Å²) in [5, 5.41) is 15.1. The molecule has 0 spiro atoms. The summed E-state index contributed by atoms with van der Waals surface area (Å²) in [5.74, 6) is 0.462. The van der Waals surface area contributed by atoms with Gasteiger partial charge in [-0.3, -0.25) is 14.9 Å². The zero-order chi connectivity index (χ0) is 19.8. The van der Waals surface area contributed by atoms with Crippen molar-refractivity contribution in [1.82, 2.24) is 5.43 Å². The Morgan fingerprint density at radius 1 is 1.19 bits per heavy atom. The van der Waals surface area contributed by atoms with Crippen LogP contribution in [0.1, 0.15) is 36.2 Å². The van der Waals surface area contributed by atoms with Gasteiger partial charge < -0.3 is 9.47 Å². The van der Waals surface area contributed by atoms with Gasteiger partial charge in [0.05, 0.1) is 24.4 Å².